The average molecular weight is 1920 g/mol. The SMILES string of the molecule is CC(C)(C)c1ccc(N2c3cc(Cl)ccc3B3c4cc5c(cc4N(c4ccc(C(C)(C)C)cc4-c4ccccc4)c4cc(C(C)(C)C)cc2c43)C(C)(C)CCC5(C)C)cc1.CC(C)(C)c1ccc(N2c3cc(N(c4ccccc4)c4ccccc4)ccc3B3c4cc5c(cc4N(c4ccc(C(C)(C)C)cc4-c4ccccc4)c4cc(C(C)(C)C)cc2c43)C(C)(C)CCC5(C)C)cc1.c1ccc(Cc2ccccc2)cc1. The standard InChI is InChI=1S/C68H72BN3.C56H62BClN2.C13H12/c1-64(2,3)46-29-32-51(33-30-46)71-59-42-52(70(49-25-19-15-20-26-49)50-27-21-16-22-28-50)34-35-56(59)69-57-43-54-55(68(12,13)38-37-67(54,10)11)44-60(57)72(62-41-48(66(7,8)9)40-61(71)63(62)69)58-36-31-47(65(4,5)6)39-53(58)45-23-17-14-18-24-45;1-52(2,3)36-19-23-40(24-20-36)59-47-32-39(58)22-25-44(47)57-45-33-42-43(56(12,13)28-27-55(42,10)11)34-48(45)60(50-31-38(54(7,8)9)30-49(59)51(50)57)46-26-21-37(53(4,5)6)29-41(46)35-17-15-14-16-18-35;1-3-7-12(8-4-1)11-13-9-5-2-6-10-13/h14-36,39-44H,37-38H2,1-13H3;14-26,29-34H,27-28H2,1-13H3;1-10H,11H2. The average Bonchev–Trinajstić information content (AvgIpc) is 0.687. The first-order valence-electron chi connectivity index (χ1n) is 53.1. The summed E-state index contributed by atoms with van der Waals surface area (Å²) in [6.07, 6.45) is 5.64. The van der Waals surface area contributed by atoms with Crippen LogP contribution in [0, 0.1) is 0 Å². The van der Waals surface area contributed by atoms with Crippen LogP contribution in [0.15, 0.2) is 352 Å². The van der Waals surface area contributed by atoms with Crippen molar-refractivity contribution < 1.29 is 0 Å². The van der Waals surface area contributed by atoms with E-state index in [-0.39, 0.29) is 67.6 Å². The van der Waals surface area contributed by atoms with Crippen LogP contribution in [0.25, 0.3) is 22.3 Å². The molecule has 732 valence electrons. The van der Waals surface area contributed by atoms with Gasteiger partial charge in [0.25, 0.3) is 13.4 Å². The molecule has 5 nitrogen and oxygen atoms in total. The minimum atomic E-state index is -0.158. The van der Waals surface area contributed by atoms with Crippen molar-refractivity contribution in [3.63, 3.8) is 0 Å². The Hall–Kier alpha value is -13.1. The fourth-order valence-corrected chi connectivity index (χ4v) is 23.7. The van der Waals surface area contributed by atoms with Crippen molar-refractivity contribution in [2.45, 2.75) is 266 Å². The van der Waals surface area contributed by atoms with Crippen LogP contribution in [-0.4, -0.2) is 13.4 Å². The lowest BCUT2D eigenvalue weighted by molar-refractivity contribution is 0.332. The zero-order chi connectivity index (χ0) is 103. The van der Waals surface area contributed by atoms with Crippen molar-refractivity contribution in [2.24, 2.45) is 0 Å². The van der Waals surface area contributed by atoms with E-state index in [4.69, 9.17) is 11.6 Å². The molecule has 4 heterocycles. The number of benzene rings is 16. The molecule has 2 aliphatic carbocycles. The van der Waals surface area contributed by atoms with Gasteiger partial charge in [-0.05, 0) is 330 Å². The van der Waals surface area contributed by atoms with Gasteiger partial charge >= 0.3 is 0 Å². The van der Waals surface area contributed by atoms with Crippen LogP contribution >= 0.6 is 11.6 Å². The number of anilines is 15. The number of fused-ring (bicyclic) bond motifs is 10. The summed E-state index contributed by atoms with van der Waals surface area (Å²) in [6.45, 7) is 61.7. The van der Waals surface area contributed by atoms with Gasteiger partial charge < -0.3 is 24.5 Å². The summed E-state index contributed by atoms with van der Waals surface area (Å²) in [5, 5.41) is 0.748. The fraction of sp³-hybridized carbons (Fsp3) is 0.299. The van der Waals surface area contributed by atoms with Crippen molar-refractivity contribution in [3.05, 3.63) is 424 Å². The van der Waals surface area contributed by atoms with Gasteiger partial charge in [0.1, 0.15) is 0 Å². The third-order valence-corrected chi connectivity index (χ3v) is 32.7. The maximum absolute atomic E-state index is 7.03. The lowest BCUT2D eigenvalue weighted by Crippen LogP contribution is -2.62. The molecule has 0 fully saturated rings. The Kier molecular flexibility index (Phi) is 25.2. The van der Waals surface area contributed by atoms with Crippen LogP contribution < -0.4 is 57.3 Å². The second-order valence-electron chi connectivity index (χ2n) is 50.9. The van der Waals surface area contributed by atoms with Gasteiger partial charge in [-0.25, -0.2) is 0 Å². The summed E-state index contributed by atoms with van der Waals surface area (Å²) in [5.41, 5.74) is 47.3. The highest BCUT2D eigenvalue weighted by Crippen LogP contribution is 2.58. The largest absolute Gasteiger partial charge is 0.311 e. The normalized spacial score (nSPS) is 15.5. The van der Waals surface area contributed by atoms with Gasteiger partial charge in [0.2, 0.25) is 0 Å². The molecule has 22 rings (SSSR count). The Morgan fingerprint density at radius 3 is 0.869 bits per heavy atom. The smallest absolute Gasteiger partial charge is 0.252 e. The van der Waals surface area contributed by atoms with Crippen molar-refractivity contribution in [3.8, 4) is 22.3 Å². The lowest BCUT2D eigenvalue weighted by atomic mass is 9.33. The third-order valence-electron chi connectivity index (χ3n) is 32.5. The van der Waals surface area contributed by atoms with Gasteiger partial charge in [-0.15, -0.1) is 0 Å². The zero-order valence-corrected chi connectivity index (χ0v) is 91.5. The number of nitrogens with zero attached hydrogens (tertiary/aromatic N) is 5. The van der Waals surface area contributed by atoms with Crippen molar-refractivity contribution in [1.82, 2.24) is 0 Å². The van der Waals surface area contributed by atoms with E-state index in [2.05, 4.69) is 556 Å². The Morgan fingerprint density at radius 1 is 0.241 bits per heavy atom. The highest BCUT2D eigenvalue weighted by molar-refractivity contribution is 7.01. The quantitative estimate of drug-likeness (QED) is 0.120. The summed E-state index contributed by atoms with van der Waals surface area (Å²) in [7, 11) is 0. The van der Waals surface area contributed by atoms with E-state index in [0.717, 1.165) is 71.3 Å². The molecule has 0 N–H and O–H groups in total. The molecule has 16 aromatic rings. The Labute approximate surface area is 873 Å². The van der Waals surface area contributed by atoms with Crippen molar-refractivity contribution in [1.29, 1.82) is 0 Å². The molecule has 6 aliphatic rings. The van der Waals surface area contributed by atoms with E-state index in [1.54, 1.807) is 0 Å². The molecule has 0 spiro atoms. The third kappa shape index (κ3) is 18.7. The van der Waals surface area contributed by atoms with Gasteiger partial charge in [-0.3, -0.25) is 0 Å². The molecule has 0 radical (unpaired) electrons. The summed E-state index contributed by atoms with van der Waals surface area (Å²) in [4.78, 5) is 12.9. The first-order valence-corrected chi connectivity index (χ1v) is 53.5. The van der Waals surface area contributed by atoms with E-state index in [9.17, 15) is 0 Å². The first-order chi connectivity index (χ1) is 68.6. The van der Waals surface area contributed by atoms with E-state index in [0.29, 0.717) is 0 Å². The topological polar surface area (TPSA) is 16.2 Å². The molecular formula is C137H146B2ClN5. The van der Waals surface area contributed by atoms with Gasteiger partial charge in [-0.2, -0.15) is 0 Å². The molecule has 0 unspecified atom stereocenters. The number of rotatable bonds is 11. The number of hydrogen-bond donors (Lipinski definition) is 0. The first kappa shape index (κ1) is 99.3. The summed E-state index contributed by atoms with van der Waals surface area (Å²) < 4.78 is 0. The maximum Gasteiger partial charge on any atom is 0.252 e. The molecule has 0 bridgehead atoms. The number of halogens is 1. The number of para-hydroxylation sites is 2. The summed E-state index contributed by atoms with van der Waals surface area (Å²) >= 11 is 7.03. The number of hydrogen-bond acceptors (Lipinski definition) is 5. The van der Waals surface area contributed by atoms with Crippen LogP contribution in [0.2, 0.25) is 5.02 Å². The van der Waals surface area contributed by atoms with Crippen LogP contribution in [0.3, 0.4) is 0 Å². The van der Waals surface area contributed by atoms with Crippen LogP contribution in [0.4, 0.5) is 85.3 Å². The highest BCUT2D eigenvalue weighted by atomic mass is 35.5. The second kappa shape index (κ2) is 36.9. The minimum absolute atomic E-state index is 0.00722. The fourth-order valence-electron chi connectivity index (χ4n) is 23.5. The van der Waals surface area contributed by atoms with Gasteiger partial charge in [0, 0.05) is 90.1 Å². The molecule has 0 saturated carbocycles. The monoisotopic (exact) mass is 1920 g/mol. The Balaban J connectivity index is 0.000000158. The molecule has 0 atom stereocenters. The van der Waals surface area contributed by atoms with Gasteiger partial charge in [0.05, 0.1) is 11.4 Å². The van der Waals surface area contributed by atoms with Gasteiger partial charge in [-0.1, -0.05) is 410 Å². The molecule has 16 aromatic carbocycles. The molecule has 0 amide bonds. The van der Waals surface area contributed by atoms with E-state index >= 15 is 0 Å². The summed E-state index contributed by atoms with van der Waals surface area (Å²) in [5.74, 6) is 0. The second-order valence-corrected chi connectivity index (χ2v) is 51.3. The van der Waals surface area contributed by atoms with Crippen LogP contribution in [-0.2, 0) is 60.6 Å². The zero-order valence-electron chi connectivity index (χ0n) is 90.8. The van der Waals surface area contributed by atoms with E-state index in [1.807, 2.05) is 0 Å². The predicted molar refractivity (Wildman–Crippen MR) is 630 cm³/mol. The maximum atomic E-state index is 7.03. The van der Waals surface area contributed by atoms with E-state index in [1.165, 1.54) is 173 Å². The van der Waals surface area contributed by atoms with Crippen LogP contribution in [0.5, 0.6) is 0 Å². The predicted octanol–water partition coefficient (Wildman–Crippen LogP) is 34.8. The Bertz CT molecular complexity index is 7490. The lowest BCUT2D eigenvalue weighted by Gasteiger charge is -2.48. The van der Waals surface area contributed by atoms with Gasteiger partial charge in [0.15, 0.2) is 0 Å². The summed E-state index contributed by atoms with van der Waals surface area (Å²) in [6, 6.07) is 133. The Morgan fingerprint density at radius 2 is 0.531 bits per heavy atom. The van der Waals surface area contributed by atoms with Crippen LogP contribution in [0.1, 0.15) is 272 Å². The molecule has 8 heteroatoms. The molecule has 0 saturated heterocycles. The molecular weight excluding hydrogens is 1770 g/mol. The van der Waals surface area contributed by atoms with Crippen molar-refractivity contribution >= 4 is 143 Å². The molecule has 4 aliphatic heterocycles. The molecule has 0 aromatic heterocycles. The van der Waals surface area contributed by atoms with E-state index < -0.39 is 0 Å². The van der Waals surface area contributed by atoms with Crippen molar-refractivity contribution in [2.75, 3.05) is 24.5 Å². The highest BCUT2D eigenvalue weighted by Gasteiger charge is 2.51. The molecule has 145 heavy (non-hydrogen) atoms. The minimum Gasteiger partial charge on any atom is -0.311 e.